The van der Waals surface area contributed by atoms with Gasteiger partial charge in [-0.05, 0) is 60.7 Å². The van der Waals surface area contributed by atoms with Crippen LogP contribution in [0.1, 0.15) is 18.4 Å². The second kappa shape index (κ2) is 8.15. The van der Waals surface area contributed by atoms with Crippen molar-refractivity contribution in [3.8, 4) is 5.69 Å². The van der Waals surface area contributed by atoms with Crippen molar-refractivity contribution in [1.82, 2.24) is 14.7 Å². The Labute approximate surface area is 183 Å². The van der Waals surface area contributed by atoms with Crippen LogP contribution in [0.4, 0.5) is 11.5 Å². The Morgan fingerprint density at radius 1 is 1.41 bits per heavy atom. The molecular formula is C20H24IN7O. The number of halogens is 1. The molecule has 1 aliphatic carbocycles. The van der Waals surface area contributed by atoms with Crippen molar-refractivity contribution < 1.29 is 4.79 Å². The van der Waals surface area contributed by atoms with Crippen LogP contribution >= 0.6 is 22.6 Å². The highest BCUT2D eigenvalue weighted by molar-refractivity contribution is 14.1. The average Bonchev–Trinajstić information content (AvgIpc) is 3.51. The molecule has 4 rings (SSSR count). The number of benzene rings is 1. The molecule has 152 valence electrons. The van der Waals surface area contributed by atoms with Gasteiger partial charge in [0.25, 0.3) is 0 Å². The smallest absolute Gasteiger partial charge is 0.250 e. The molecule has 3 N–H and O–H groups in total. The summed E-state index contributed by atoms with van der Waals surface area (Å²) >= 11 is 2.16. The number of anilines is 2. The Morgan fingerprint density at radius 3 is 2.97 bits per heavy atom. The SMILES string of the molecule is CN(C(=O)/C=C/CN(C)C1CC1)c1cccc(-n2nc(I)c3c2NCN=C3N)c1. The number of nitrogens with zero attached hydrogens (tertiary/aromatic N) is 5. The summed E-state index contributed by atoms with van der Waals surface area (Å²) in [6.07, 6.45) is 6.09. The third-order valence-corrected chi connectivity index (χ3v) is 5.97. The number of nitrogens with two attached hydrogens (primary N) is 1. The van der Waals surface area contributed by atoms with Crippen LogP contribution in [0.25, 0.3) is 5.69 Å². The molecule has 0 bridgehead atoms. The van der Waals surface area contributed by atoms with Crippen LogP contribution in [0.3, 0.4) is 0 Å². The fourth-order valence-corrected chi connectivity index (χ4v) is 4.05. The van der Waals surface area contributed by atoms with E-state index in [0.717, 1.165) is 33.0 Å². The summed E-state index contributed by atoms with van der Waals surface area (Å²) in [5, 5.41) is 7.84. The summed E-state index contributed by atoms with van der Waals surface area (Å²) in [5.74, 6) is 1.24. The van der Waals surface area contributed by atoms with E-state index in [0.29, 0.717) is 18.5 Å². The van der Waals surface area contributed by atoms with Crippen LogP contribution in [0.15, 0.2) is 41.4 Å². The van der Waals surface area contributed by atoms with Crippen LogP contribution in [-0.4, -0.2) is 59.8 Å². The molecule has 0 saturated heterocycles. The highest BCUT2D eigenvalue weighted by Gasteiger charge is 2.25. The van der Waals surface area contributed by atoms with Crippen LogP contribution in [-0.2, 0) is 4.79 Å². The standard InChI is InChI=1S/C20H24IN7O/c1-26(13-8-9-13)10-4-7-16(29)27(2)14-5-3-6-15(11-14)28-20-17(18(21)25-28)19(22)23-12-24-20/h3-7,11,13,24H,8-10,12H2,1-2H3,(H2,22,23)/b7-4+. The van der Waals surface area contributed by atoms with Gasteiger partial charge >= 0.3 is 0 Å². The van der Waals surface area contributed by atoms with E-state index < -0.39 is 0 Å². The third kappa shape index (κ3) is 4.15. The van der Waals surface area contributed by atoms with E-state index in [9.17, 15) is 4.79 Å². The Balaban J connectivity index is 1.53. The molecule has 1 aromatic heterocycles. The van der Waals surface area contributed by atoms with Gasteiger partial charge in [-0.2, -0.15) is 5.10 Å². The van der Waals surface area contributed by atoms with Gasteiger partial charge in [-0.15, -0.1) is 0 Å². The number of aliphatic imine (C=N–C) groups is 1. The van der Waals surface area contributed by atoms with Gasteiger partial charge in [-0.25, -0.2) is 9.67 Å². The van der Waals surface area contributed by atoms with Crippen molar-refractivity contribution in [2.24, 2.45) is 10.7 Å². The number of hydrogen-bond donors (Lipinski definition) is 2. The van der Waals surface area contributed by atoms with Crippen molar-refractivity contribution in [2.45, 2.75) is 18.9 Å². The molecule has 0 atom stereocenters. The maximum Gasteiger partial charge on any atom is 0.250 e. The number of fused-ring (bicyclic) bond motifs is 1. The van der Waals surface area contributed by atoms with Crippen molar-refractivity contribution in [2.75, 3.05) is 37.5 Å². The predicted octanol–water partition coefficient (Wildman–Crippen LogP) is 2.18. The summed E-state index contributed by atoms with van der Waals surface area (Å²) in [4.78, 5) is 20.7. The molecule has 29 heavy (non-hydrogen) atoms. The maximum atomic E-state index is 12.6. The van der Waals surface area contributed by atoms with Gasteiger partial charge < -0.3 is 16.0 Å². The zero-order chi connectivity index (χ0) is 20.5. The van der Waals surface area contributed by atoms with E-state index >= 15 is 0 Å². The summed E-state index contributed by atoms with van der Waals surface area (Å²) in [5.41, 5.74) is 8.49. The summed E-state index contributed by atoms with van der Waals surface area (Å²) < 4.78 is 2.59. The van der Waals surface area contributed by atoms with Gasteiger partial charge in [-0.3, -0.25) is 9.69 Å². The van der Waals surface area contributed by atoms with Gasteiger partial charge in [-0.1, -0.05) is 12.1 Å². The monoisotopic (exact) mass is 505 g/mol. The second-order valence-electron chi connectivity index (χ2n) is 7.29. The van der Waals surface area contributed by atoms with Crippen molar-refractivity contribution in [1.29, 1.82) is 0 Å². The Bertz CT molecular complexity index is 993. The van der Waals surface area contributed by atoms with Gasteiger partial charge in [0.1, 0.15) is 22.0 Å². The number of amidine groups is 1. The van der Waals surface area contributed by atoms with E-state index in [1.54, 1.807) is 22.7 Å². The van der Waals surface area contributed by atoms with Gasteiger partial charge in [0.05, 0.1) is 11.3 Å². The average molecular weight is 505 g/mol. The minimum atomic E-state index is -0.0575. The lowest BCUT2D eigenvalue weighted by molar-refractivity contribution is -0.113. The van der Waals surface area contributed by atoms with Gasteiger partial charge in [0, 0.05) is 31.4 Å². The second-order valence-corrected chi connectivity index (χ2v) is 8.32. The molecule has 2 aliphatic rings. The fraction of sp³-hybridized carbons (Fsp3) is 0.350. The van der Waals surface area contributed by atoms with Crippen LogP contribution in [0.5, 0.6) is 0 Å². The predicted molar refractivity (Wildman–Crippen MR) is 124 cm³/mol. The number of nitrogens with one attached hydrogen (secondary N) is 1. The van der Waals surface area contributed by atoms with E-state index in [2.05, 4.69) is 49.9 Å². The molecule has 1 aliphatic heterocycles. The zero-order valence-corrected chi connectivity index (χ0v) is 18.6. The highest BCUT2D eigenvalue weighted by Crippen LogP contribution is 2.28. The first-order valence-corrected chi connectivity index (χ1v) is 10.6. The van der Waals surface area contributed by atoms with E-state index in [-0.39, 0.29) is 5.91 Å². The number of likely N-dealkylation sites (N-methyl/N-ethyl adjacent to an activating group) is 2. The topological polar surface area (TPSA) is 91.8 Å². The number of carbonyl (C=O) groups is 1. The number of rotatable bonds is 6. The number of carbonyl (C=O) groups excluding carboxylic acids is 1. The molecule has 2 heterocycles. The minimum Gasteiger partial charge on any atom is -0.383 e. The molecule has 2 aromatic rings. The Hall–Kier alpha value is -2.40. The molecular weight excluding hydrogens is 481 g/mol. The minimum absolute atomic E-state index is 0.0575. The Morgan fingerprint density at radius 2 is 2.21 bits per heavy atom. The fourth-order valence-electron chi connectivity index (χ4n) is 3.30. The largest absolute Gasteiger partial charge is 0.383 e. The molecule has 1 fully saturated rings. The van der Waals surface area contributed by atoms with E-state index in [4.69, 9.17) is 5.73 Å². The summed E-state index contributed by atoms with van der Waals surface area (Å²) in [7, 11) is 3.87. The third-order valence-electron chi connectivity index (χ3n) is 5.21. The summed E-state index contributed by atoms with van der Waals surface area (Å²) in [6, 6.07) is 8.40. The number of aromatic nitrogens is 2. The van der Waals surface area contributed by atoms with E-state index in [1.165, 1.54) is 12.8 Å². The number of amides is 1. The molecule has 1 amide bonds. The first-order chi connectivity index (χ1) is 14.0. The molecule has 0 radical (unpaired) electrons. The Kier molecular flexibility index (Phi) is 5.59. The maximum absolute atomic E-state index is 12.6. The molecule has 8 nitrogen and oxygen atoms in total. The van der Waals surface area contributed by atoms with Gasteiger partial charge in [0.2, 0.25) is 5.91 Å². The van der Waals surface area contributed by atoms with Crippen LogP contribution in [0, 0.1) is 3.70 Å². The lowest BCUT2D eigenvalue weighted by Crippen LogP contribution is -2.25. The van der Waals surface area contributed by atoms with E-state index in [1.807, 2.05) is 30.3 Å². The van der Waals surface area contributed by atoms with Crippen LogP contribution in [0.2, 0.25) is 0 Å². The lowest BCUT2D eigenvalue weighted by Gasteiger charge is -2.18. The molecule has 1 saturated carbocycles. The molecule has 0 unspecified atom stereocenters. The van der Waals surface area contributed by atoms with Crippen molar-refractivity contribution in [3.63, 3.8) is 0 Å². The number of hydrogen-bond acceptors (Lipinski definition) is 6. The molecule has 9 heteroatoms. The van der Waals surface area contributed by atoms with Crippen LogP contribution < -0.4 is 16.0 Å². The molecule has 1 aromatic carbocycles. The summed E-state index contributed by atoms with van der Waals surface area (Å²) in [6.45, 7) is 1.20. The zero-order valence-electron chi connectivity index (χ0n) is 16.5. The lowest BCUT2D eigenvalue weighted by atomic mass is 10.2. The highest BCUT2D eigenvalue weighted by atomic mass is 127. The van der Waals surface area contributed by atoms with Crippen molar-refractivity contribution >= 4 is 45.8 Å². The van der Waals surface area contributed by atoms with Gasteiger partial charge in [0.15, 0.2) is 0 Å². The quantitative estimate of drug-likeness (QED) is 0.464. The van der Waals surface area contributed by atoms with Crippen molar-refractivity contribution in [3.05, 3.63) is 45.7 Å². The first kappa shape index (κ1) is 19.9. The normalized spacial score (nSPS) is 15.9. The molecule has 0 spiro atoms. The first-order valence-electron chi connectivity index (χ1n) is 9.53.